The van der Waals surface area contributed by atoms with E-state index in [4.69, 9.17) is 4.74 Å². The largest absolute Gasteiger partial charge is 0.497 e. The molecule has 0 fully saturated rings. The standard InChI is InChI=1S/C15H13NO2/c1-18-14-7-5-13(6-8-14)15(17)9-4-12-3-2-10-16-11-12/h2-11H,1H3. The number of carbonyl (C=O) groups is 1. The maximum Gasteiger partial charge on any atom is 0.185 e. The predicted octanol–water partition coefficient (Wildman–Crippen LogP) is 2.99. The van der Waals surface area contributed by atoms with Gasteiger partial charge in [-0.1, -0.05) is 6.07 Å². The summed E-state index contributed by atoms with van der Waals surface area (Å²) in [6, 6.07) is 10.8. The Morgan fingerprint density at radius 3 is 2.61 bits per heavy atom. The summed E-state index contributed by atoms with van der Waals surface area (Å²) in [5.41, 5.74) is 1.54. The SMILES string of the molecule is COc1ccc(C(=O)C=Cc2cccnc2)cc1. The minimum atomic E-state index is -0.0403. The van der Waals surface area contributed by atoms with Crippen LogP contribution in [0.2, 0.25) is 0 Å². The number of rotatable bonds is 4. The summed E-state index contributed by atoms with van der Waals surface area (Å²) < 4.78 is 5.04. The van der Waals surface area contributed by atoms with Crippen LogP contribution < -0.4 is 4.74 Å². The average Bonchev–Trinajstić information content (AvgIpc) is 2.46. The molecule has 3 heteroatoms. The first-order valence-corrected chi connectivity index (χ1v) is 5.56. The molecule has 2 aromatic rings. The second kappa shape index (κ2) is 5.77. The quantitative estimate of drug-likeness (QED) is 0.608. The number of methoxy groups -OCH3 is 1. The molecule has 2 rings (SSSR count). The van der Waals surface area contributed by atoms with Gasteiger partial charge < -0.3 is 4.74 Å². The molecule has 0 aliphatic rings. The van der Waals surface area contributed by atoms with Gasteiger partial charge >= 0.3 is 0 Å². The fraction of sp³-hybridized carbons (Fsp3) is 0.0667. The lowest BCUT2D eigenvalue weighted by Gasteiger charge is -2.00. The van der Waals surface area contributed by atoms with E-state index in [2.05, 4.69) is 4.98 Å². The van der Waals surface area contributed by atoms with Gasteiger partial charge in [0.2, 0.25) is 0 Å². The van der Waals surface area contributed by atoms with Crippen molar-refractivity contribution in [2.24, 2.45) is 0 Å². The molecule has 0 bridgehead atoms. The monoisotopic (exact) mass is 239 g/mol. The molecule has 0 aliphatic carbocycles. The highest BCUT2D eigenvalue weighted by Gasteiger charge is 2.01. The zero-order valence-electron chi connectivity index (χ0n) is 10.0. The molecule has 18 heavy (non-hydrogen) atoms. The molecule has 1 aromatic heterocycles. The number of aromatic nitrogens is 1. The van der Waals surface area contributed by atoms with E-state index in [0.717, 1.165) is 11.3 Å². The Hall–Kier alpha value is -2.42. The van der Waals surface area contributed by atoms with Crippen molar-refractivity contribution in [3.05, 3.63) is 66.0 Å². The van der Waals surface area contributed by atoms with Crippen molar-refractivity contribution >= 4 is 11.9 Å². The summed E-state index contributed by atoms with van der Waals surface area (Å²) in [7, 11) is 1.60. The lowest BCUT2D eigenvalue weighted by Crippen LogP contribution is -1.94. The summed E-state index contributed by atoms with van der Waals surface area (Å²) in [6.45, 7) is 0. The van der Waals surface area contributed by atoms with E-state index in [9.17, 15) is 4.79 Å². The van der Waals surface area contributed by atoms with Crippen LogP contribution in [0, 0.1) is 0 Å². The molecule has 0 spiro atoms. The topological polar surface area (TPSA) is 39.2 Å². The van der Waals surface area contributed by atoms with E-state index in [1.54, 1.807) is 55.9 Å². The van der Waals surface area contributed by atoms with Gasteiger partial charge in [-0.25, -0.2) is 0 Å². The minimum Gasteiger partial charge on any atom is -0.497 e. The van der Waals surface area contributed by atoms with E-state index in [1.165, 1.54) is 0 Å². The molecule has 1 aromatic carbocycles. The molecule has 0 N–H and O–H groups in total. The Morgan fingerprint density at radius 1 is 1.22 bits per heavy atom. The smallest absolute Gasteiger partial charge is 0.185 e. The summed E-state index contributed by atoms with van der Waals surface area (Å²) in [5.74, 6) is 0.698. The number of ketones is 1. The van der Waals surface area contributed by atoms with E-state index < -0.39 is 0 Å². The first-order chi connectivity index (χ1) is 8.79. The highest BCUT2D eigenvalue weighted by molar-refractivity contribution is 6.06. The van der Waals surface area contributed by atoms with Crippen molar-refractivity contribution in [3.8, 4) is 5.75 Å². The molecule has 0 unspecified atom stereocenters. The summed E-state index contributed by atoms with van der Waals surface area (Å²) >= 11 is 0. The van der Waals surface area contributed by atoms with Crippen molar-refractivity contribution in [1.82, 2.24) is 4.98 Å². The van der Waals surface area contributed by atoms with Crippen LogP contribution in [0.25, 0.3) is 6.08 Å². The van der Waals surface area contributed by atoms with Gasteiger partial charge in [-0.3, -0.25) is 9.78 Å². The Bertz CT molecular complexity index is 544. The number of hydrogen-bond donors (Lipinski definition) is 0. The number of ether oxygens (including phenoxy) is 1. The number of allylic oxidation sites excluding steroid dienone is 1. The third-order valence-electron chi connectivity index (χ3n) is 2.49. The van der Waals surface area contributed by atoms with Crippen molar-refractivity contribution in [1.29, 1.82) is 0 Å². The molecule has 0 radical (unpaired) electrons. The number of nitrogens with zero attached hydrogens (tertiary/aromatic N) is 1. The summed E-state index contributed by atoms with van der Waals surface area (Å²) in [4.78, 5) is 15.8. The van der Waals surface area contributed by atoms with Crippen LogP contribution in [0.1, 0.15) is 15.9 Å². The molecule has 90 valence electrons. The maximum atomic E-state index is 11.9. The number of pyridine rings is 1. The van der Waals surface area contributed by atoms with E-state index in [0.29, 0.717) is 5.56 Å². The molecule has 0 aliphatic heterocycles. The van der Waals surface area contributed by atoms with Crippen LogP contribution in [0.5, 0.6) is 5.75 Å². The lowest BCUT2D eigenvalue weighted by molar-refractivity contribution is 0.104. The second-order valence-electron chi connectivity index (χ2n) is 3.71. The van der Waals surface area contributed by atoms with Gasteiger partial charge in [0.1, 0.15) is 5.75 Å². The van der Waals surface area contributed by atoms with Gasteiger partial charge in [-0.05, 0) is 48.0 Å². The average molecular weight is 239 g/mol. The molecule has 1 heterocycles. The first kappa shape index (κ1) is 12.0. The summed E-state index contributed by atoms with van der Waals surface area (Å²) in [5, 5.41) is 0. The third kappa shape index (κ3) is 3.04. The van der Waals surface area contributed by atoms with Gasteiger partial charge in [0.05, 0.1) is 7.11 Å². The van der Waals surface area contributed by atoms with Crippen molar-refractivity contribution in [2.45, 2.75) is 0 Å². The van der Waals surface area contributed by atoms with Crippen molar-refractivity contribution < 1.29 is 9.53 Å². The van der Waals surface area contributed by atoms with E-state index in [-0.39, 0.29) is 5.78 Å². The van der Waals surface area contributed by atoms with Gasteiger partial charge in [0, 0.05) is 18.0 Å². The highest BCUT2D eigenvalue weighted by Crippen LogP contribution is 2.12. The van der Waals surface area contributed by atoms with Gasteiger partial charge in [-0.15, -0.1) is 0 Å². The van der Waals surface area contributed by atoms with Crippen LogP contribution in [0.3, 0.4) is 0 Å². The third-order valence-corrected chi connectivity index (χ3v) is 2.49. The molecule has 0 atom stereocenters. The number of hydrogen-bond acceptors (Lipinski definition) is 3. The maximum absolute atomic E-state index is 11.9. The zero-order valence-corrected chi connectivity index (χ0v) is 10.0. The molecule has 0 saturated heterocycles. The Morgan fingerprint density at radius 2 is 2.00 bits per heavy atom. The Labute approximate surface area is 106 Å². The van der Waals surface area contributed by atoms with Crippen molar-refractivity contribution in [2.75, 3.05) is 7.11 Å². The first-order valence-electron chi connectivity index (χ1n) is 5.56. The van der Waals surface area contributed by atoms with Crippen LogP contribution in [0.15, 0.2) is 54.9 Å². The zero-order chi connectivity index (χ0) is 12.8. The lowest BCUT2D eigenvalue weighted by atomic mass is 10.1. The molecular formula is C15H13NO2. The van der Waals surface area contributed by atoms with Gasteiger partial charge in [0.25, 0.3) is 0 Å². The fourth-order valence-electron chi connectivity index (χ4n) is 1.50. The predicted molar refractivity (Wildman–Crippen MR) is 70.6 cm³/mol. The highest BCUT2D eigenvalue weighted by atomic mass is 16.5. The van der Waals surface area contributed by atoms with Crippen LogP contribution >= 0.6 is 0 Å². The summed E-state index contributed by atoms with van der Waals surface area (Å²) in [6.07, 6.45) is 6.69. The van der Waals surface area contributed by atoms with Gasteiger partial charge in [0.15, 0.2) is 5.78 Å². The minimum absolute atomic E-state index is 0.0403. The molecular weight excluding hydrogens is 226 g/mol. The normalized spacial score (nSPS) is 10.5. The van der Waals surface area contributed by atoms with Crippen LogP contribution in [0.4, 0.5) is 0 Å². The Kier molecular flexibility index (Phi) is 3.86. The van der Waals surface area contributed by atoms with Crippen molar-refractivity contribution in [3.63, 3.8) is 0 Å². The van der Waals surface area contributed by atoms with E-state index >= 15 is 0 Å². The molecule has 3 nitrogen and oxygen atoms in total. The molecule has 0 saturated carbocycles. The fourth-order valence-corrected chi connectivity index (χ4v) is 1.50. The van der Waals surface area contributed by atoms with Crippen LogP contribution in [-0.4, -0.2) is 17.9 Å². The number of carbonyl (C=O) groups excluding carboxylic acids is 1. The number of benzene rings is 1. The molecule has 0 amide bonds. The Balaban J connectivity index is 2.09. The second-order valence-corrected chi connectivity index (χ2v) is 3.71. The van der Waals surface area contributed by atoms with E-state index in [1.807, 2.05) is 12.1 Å². The van der Waals surface area contributed by atoms with Crippen LogP contribution in [-0.2, 0) is 0 Å². The van der Waals surface area contributed by atoms with Gasteiger partial charge in [-0.2, -0.15) is 0 Å².